The van der Waals surface area contributed by atoms with Gasteiger partial charge < -0.3 is 4.90 Å². The minimum Gasteiger partial charge on any atom is -0.308 e. The summed E-state index contributed by atoms with van der Waals surface area (Å²) in [4.78, 5) is 30.6. The maximum absolute atomic E-state index is 14.3. The van der Waals surface area contributed by atoms with Gasteiger partial charge in [-0.15, -0.1) is 0 Å². The Morgan fingerprint density at radius 2 is 2.00 bits per heavy atom. The van der Waals surface area contributed by atoms with E-state index in [0.29, 0.717) is 23.3 Å². The predicted molar refractivity (Wildman–Crippen MR) is 93.1 cm³/mol. The van der Waals surface area contributed by atoms with Crippen LogP contribution < -0.4 is 10.5 Å². The third-order valence-electron chi connectivity index (χ3n) is 4.52. The van der Waals surface area contributed by atoms with Crippen LogP contribution in [0.2, 0.25) is 0 Å². The van der Waals surface area contributed by atoms with Crippen molar-refractivity contribution >= 4 is 22.6 Å². The molecule has 1 amide bonds. The van der Waals surface area contributed by atoms with E-state index in [2.05, 4.69) is 4.98 Å². The van der Waals surface area contributed by atoms with E-state index in [1.54, 1.807) is 24.3 Å². The molecule has 0 bridgehead atoms. The highest BCUT2D eigenvalue weighted by Crippen LogP contribution is 2.30. The van der Waals surface area contributed by atoms with Gasteiger partial charge in [-0.25, -0.2) is 9.37 Å². The molecule has 1 aliphatic rings. The Labute approximate surface area is 143 Å². The summed E-state index contributed by atoms with van der Waals surface area (Å²) in [7, 11) is 0. The minimum absolute atomic E-state index is 0.143. The predicted octanol–water partition coefficient (Wildman–Crippen LogP) is 2.52. The van der Waals surface area contributed by atoms with E-state index in [1.165, 1.54) is 21.7 Å². The first-order valence-electron chi connectivity index (χ1n) is 8.17. The quantitative estimate of drug-likeness (QED) is 0.722. The summed E-state index contributed by atoms with van der Waals surface area (Å²) < 4.78 is 15.7. The van der Waals surface area contributed by atoms with Gasteiger partial charge in [-0.05, 0) is 36.6 Å². The molecule has 0 unspecified atom stereocenters. The number of amides is 1. The van der Waals surface area contributed by atoms with E-state index in [-0.39, 0.29) is 18.0 Å². The molecule has 2 aromatic carbocycles. The van der Waals surface area contributed by atoms with Crippen molar-refractivity contribution in [2.24, 2.45) is 0 Å². The fourth-order valence-corrected chi connectivity index (χ4v) is 3.35. The topological polar surface area (TPSA) is 55.2 Å². The van der Waals surface area contributed by atoms with Crippen LogP contribution in [0.15, 0.2) is 53.5 Å². The van der Waals surface area contributed by atoms with Gasteiger partial charge in [-0.2, -0.15) is 0 Å². The van der Waals surface area contributed by atoms with E-state index < -0.39 is 5.82 Å². The summed E-state index contributed by atoms with van der Waals surface area (Å²) in [6.07, 6.45) is 2.73. The zero-order chi connectivity index (χ0) is 17.4. The third kappa shape index (κ3) is 2.69. The van der Waals surface area contributed by atoms with Crippen LogP contribution in [0, 0.1) is 5.82 Å². The second kappa shape index (κ2) is 6.12. The van der Waals surface area contributed by atoms with Gasteiger partial charge in [0.05, 0.1) is 22.9 Å². The molecule has 0 saturated carbocycles. The van der Waals surface area contributed by atoms with Crippen LogP contribution >= 0.6 is 0 Å². The Kier molecular flexibility index (Phi) is 3.80. The summed E-state index contributed by atoms with van der Waals surface area (Å²) in [5.41, 5.74) is 2.05. The lowest BCUT2D eigenvalue weighted by molar-refractivity contribution is -0.119. The Balaban J connectivity index is 1.74. The van der Waals surface area contributed by atoms with Crippen LogP contribution in [0.25, 0.3) is 11.0 Å². The Morgan fingerprint density at radius 1 is 1.16 bits per heavy atom. The number of nitrogens with zero attached hydrogens (tertiary/aromatic N) is 3. The lowest BCUT2D eigenvalue weighted by atomic mass is 10.0. The van der Waals surface area contributed by atoms with Crippen molar-refractivity contribution in [3.05, 3.63) is 70.4 Å². The molecule has 0 radical (unpaired) electrons. The second-order valence-corrected chi connectivity index (χ2v) is 6.07. The molecular weight excluding hydrogens is 321 g/mol. The molecule has 0 atom stereocenters. The van der Waals surface area contributed by atoms with E-state index in [4.69, 9.17) is 0 Å². The van der Waals surface area contributed by atoms with Crippen molar-refractivity contribution in [1.29, 1.82) is 0 Å². The van der Waals surface area contributed by atoms with Gasteiger partial charge in [0.25, 0.3) is 5.56 Å². The fourth-order valence-electron chi connectivity index (χ4n) is 3.35. The Hall–Kier alpha value is -3.02. The molecule has 0 spiro atoms. The summed E-state index contributed by atoms with van der Waals surface area (Å²) in [6.45, 7) is 0.306. The first-order chi connectivity index (χ1) is 12.1. The molecule has 126 valence electrons. The molecule has 25 heavy (non-hydrogen) atoms. The van der Waals surface area contributed by atoms with Gasteiger partial charge >= 0.3 is 0 Å². The number of hydrogen-bond donors (Lipinski definition) is 0. The summed E-state index contributed by atoms with van der Waals surface area (Å²) in [6, 6.07) is 12.0. The van der Waals surface area contributed by atoms with E-state index in [1.807, 2.05) is 12.1 Å². The zero-order valence-electron chi connectivity index (χ0n) is 13.5. The van der Waals surface area contributed by atoms with Crippen LogP contribution in [0.3, 0.4) is 0 Å². The number of aryl methyl sites for hydroxylation is 1. The van der Waals surface area contributed by atoms with Crippen molar-refractivity contribution < 1.29 is 9.18 Å². The number of para-hydroxylation sites is 3. The van der Waals surface area contributed by atoms with Gasteiger partial charge in [0.15, 0.2) is 0 Å². The van der Waals surface area contributed by atoms with Crippen molar-refractivity contribution in [3.8, 4) is 0 Å². The molecule has 4 rings (SSSR count). The first-order valence-corrected chi connectivity index (χ1v) is 8.17. The lowest BCUT2D eigenvalue weighted by Crippen LogP contribution is -2.40. The summed E-state index contributed by atoms with van der Waals surface area (Å²) in [5, 5.41) is 0. The van der Waals surface area contributed by atoms with Crippen LogP contribution in [0.1, 0.15) is 12.0 Å². The molecule has 1 aromatic heterocycles. The highest BCUT2D eigenvalue weighted by molar-refractivity contribution is 5.95. The molecule has 1 aliphatic heterocycles. The third-order valence-corrected chi connectivity index (χ3v) is 4.52. The van der Waals surface area contributed by atoms with Gasteiger partial charge in [0.2, 0.25) is 5.91 Å². The maximum Gasteiger partial charge on any atom is 0.269 e. The number of hydrogen-bond acceptors (Lipinski definition) is 3. The average molecular weight is 337 g/mol. The second-order valence-electron chi connectivity index (χ2n) is 6.07. The molecule has 0 fully saturated rings. The Morgan fingerprint density at radius 3 is 2.88 bits per heavy atom. The van der Waals surface area contributed by atoms with Crippen LogP contribution in [-0.4, -0.2) is 22.0 Å². The molecule has 6 heteroatoms. The molecule has 0 aliphatic carbocycles. The van der Waals surface area contributed by atoms with E-state index in [9.17, 15) is 14.0 Å². The first kappa shape index (κ1) is 15.5. The Bertz CT molecular complexity index is 1030. The molecule has 5 nitrogen and oxygen atoms in total. The van der Waals surface area contributed by atoms with Gasteiger partial charge in [-0.3, -0.25) is 14.2 Å². The largest absolute Gasteiger partial charge is 0.308 e. The number of halogens is 1. The van der Waals surface area contributed by atoms with Gasteiger partial charge in [0.1, 0.15) is 12.4 Å². The maximum atomic E-state index is 14.3. The molecule has 2 heterocycles. The normalized spacial score (nSPS) is 13.7. The highest BCUT2D eigenvalue weighted by Gasteiger charge is 2.26. The van der Waals surface area contributed by atoms with E-state index >= 15 is 0 Å². The zero-order valence-corrected chi connectivity index (χ0v) is 13.5. The summed E-state index contributed by atoms with van der Waals surface area (Å²) >= 11 is 0. The number of carbonyl (C=O) groups excluding carboxylic acids is 1. The van der Waals surface area contributed by atoms with E-state index in [0.717, 1.165) is 18.4 Å². The molecule has 0 saturated heterocycles. The number of rotatable bonds is 2. The lowest BCUT2D eigenvalue weighted by Gasteiger charge is -2.30. The summed E-state index contributed by atoms with van der Waals surface area (Å²) in [5.74, 6) is -0.706. The van der Waals surface area contributed by atoms with Crippen LogP contribution in [-0.2, 0) is 17.8 Å². The average Bonchev–Trinajstić information content (AvgIpc) is 2.64. The molecule has 0 N–H and O–H groups in total. The van der Waals surface area contributed by atoms with Crippen LogP contribution in [0.4, 0.5) is 10.1 Å². The van der Waals surface area contributed by atoms with Crippen molar-refractivity contribution in [3.63, 3.8) is 0 Å². The monoisotopic (exact) mass is 337 g/mol. The highest BCUT2D eigenvalue weighted by atomic mass is 19.1. The van der Waals surface area contributed by atoms with Gasteiger partial charge in [0, 0.05) is 6.54 Å². The number of anilines is 1. The number of aromatic nitrogens is 2. The smallest absolute Gasteiger partial charge is 0.269 e. The van der Waals surface area contributed by atoms with Crippen molar-refractivity contribution in [1.82, 2.24) is 9.55 Å². The van der Waals surface area contributed by atoms with Crippen LogP contribution in [0.5, 0.6) is 0 Å². The number of carbonyl (C=O) groups is 1. The SMILES string of the molecule is O=C(Cn1c(=O)cnc2ccccc21)N1CCCc2cccc(F)c21. The number of benzene rings is 2. The fraction of sp³-hybridized carbons (Fsp3) is 0.211. The number of fused-ring (bicyclic) bond motifs is 2. The van der Waals surface area contributed by atoms with Crippen molar-refractivity contribution in [2.45, 2.75) is 19.4 Å². The van der Waals surface area contributed by atoms with Crippen molar-refractivity contribution in [2.75, 3.05) is 11.4 Å². The standard InChI is InChI=1S/C19H16FN3O2/c20-14-7-3-5-13-6-4-10-22(19(13)14)18(25)12-23-16-9-2-1-8-15(16)21-11-17(23)24/h1-3,5,7-9,11H,4,6,10,12H2. The van der Waals surface area contributed by atoms with Gasteiger partial charge in [-0.1, -0.05) is 24.3 Å². The molecule has 3 aromatic rings. The minimum atomic E-state index is -0.405. The molecular formula is C19H16FN3O2.